The van der Waals surface area contributed by atoms with Gasteiger partial charge < -0.3 is 10.2 Å². The second kappa shape index (κ2) is 6.21. The van der Waals surface area contributed by atoms with Crippen molar-refractivity contribution < 1.29 is 9.59 Å². The molecule has 1 rings (SSSR count). The van der Waals surface area contributed by atoms with E-state index in [2.05, 4.69) is 5.32 Å². The third-order valence-corrected chi connectivity index (χ3v) is 3.47. The van der Waals surface area contributed by atoms with E-state index in [-0.39, 0.29) is 35.3 Å². The zero-order valence-corrected chi connectivity index (χ0v) is 13.3. The lowest BCUT2D eigenvalue weighted by atomic mass is 10.1. The van der Waals surface area contributed by atoms with Crippen molar-refractivity contribution in [1.82, 2.24) is 14.8 Å². The molecule has 1 aromatic rings. The molecule has 0 spiro atoms. The van der Waals surface area contributed by atoms with Gasteiger partial charge in [-0.05, 0) is 27.7 Å². The predicted molar refractivity (Wildman–Crippen MR) is 78.8 cm³/mol. The lowest BCUT2D eigenvalue weighted by Gasteiger charge is -2.23. The fraction of sp³-hybridized carbons (Fsp3) is 0.615. The van der Waals surface area contributed by atoms with Crippen LogP contribution < -0.4 is 10.2 Å². The number of hydrogen-bond donors (Lipinski definition) is 1. The normalized spacial score (nSPS) is 11.2. The molecule has 0 saturated heterocycles. The van der Waals surface area contributed by atoms with E-state index in [9.17, 15) is 14.4 Å². The molecular formula is C13H21N3O3S. The number of hydrogen-bond acceptors (Lipinski definition) is 4. The van der Waals surface area contributed by atoms with Crippen LogP contribution in [0.15, 0.2) is 10.2 Å². The Balaban J connectivity index is 2.60. The highest BCUT2D eigenvalue weighted by Crippen LogP contribution is 2.01. The van der Waals surface area contributed by atoms with Gasteiger partial charge in [0.05, 0.1) is 6.54 Å². The number of thiazole rings is 1. The van der Waals surface area contributed by atoms with Gasteiger partial charge >= 0.3 is 4.87 Å². The number of carbonyl (C=O) groups is 2. The molecule has 0 aliphatic heterocycles. The molecule has 1 aromatic heterocycles. The summed E-state index contributed by atoms with van der Waals surface area (Å²) in [7, 11) is 1.55. The number of amides is 2. The highest BCUT2D eigenvalue weighted by molar-refractivity contribution is 7.07. The van der Waals surface area contributed by atoms with Crippen LogP contribution in [-0.2, 0) is 16.1 Å². The average Bonchev–Trinajstić information content (AvgIpc) is 2.57. The van der Waals surface area contributed by atoms with Gasteiger partial charge in [0.25, 0.3) is 0 Å². The summed E-state index contributed by atoms with van der Waals surface area (Å²) in [6, 6.07) is 0. The van der Waals surface area contributed by atoms with E-state index in [1.54, 1.807) is 19.4 Å². The van der Waals surface area contributed by atoms with Gasteiger partial charge in [-0.2, -0.15) is 0 Å². The van der Waals surface area contributed by atoms with Crippen LogP contribution in [0.5, 0.6) is 0 Å². The third-order valence-electron chi connectivity index (χ3n) is 2.59. The van der Waals surface area contributed by atoms with Crippen molar-refractivity contribution in [2.24, 2.45) is 0 Å². The molecule has 7 heteroatoms. The first-order valence-corrected chi connectivity index (χ1v) is 7.18. The first-order valence-electron chi connectivity index (χ1n) is 6.30. The Labute approximate surface area is 122 Å². The highest BCUT2D eigenvalue weighted by Gasteiger charge is 2.18. The van der Waals surface area contributed by atoms with Crippen LogP contribution in [0.4, 0.5) is 0 Å². The van der Waals surface area contributed by atoms with Crippen molar-refractivity contribution in [3.63, 3.8) is 0 Å². The van der Waals surface area contributed by atoms with Crippen LogP contribution in [0, 0.1) is 6.92 Å². The Bertz CT molecular complexity index is 554. The number of rotatable bonds is 4. The summed E-state index contributed by atoms with van der Waals surface area (Å²) in [5.74, 6) is -0.486. The van der Waals surface area contributed by atoms with Crippen molar-refractivity contribution in [3.8, 4) is 0 Å². The molecule has 112 valence electrons. The zero-order chi connectivity index (χ0) is 15.5. The number of likely N-dealkylation sites (N-methyl/N-ethyl adjacent to an activating group) is 1. The molecule has 0 radical (unpaired) electrons. The van der Waals surface area contributed by atoms with E-state index in [4.69, 9.17) is 0 Å². The van der Waals surface area contributed by atoms with Gasteiger partial charge in [-0.3, -0.25) is 19.0 Å². The van der Waals surface area contributed by atoms with Crippen molar-refractivity contribution in [2.45, 2.75) is 39.8 Å². The standard InChI is InChI=1S/C13H21N3O3S/c1-9-8-20-12(19)16(9)7-11(18)15(5)6-10(17)14-13(2,3)4/h8H,6-7H2,1-5H3,(H,14,17). The van der Waals surface area contributed by atoms with Crippen LogP contribution in [0.3, 0.4) is 0 Å². The molecule has 0 aliphatic carbocycles. The van der Waals surface area contributed by atoms with Gasteiger partial charge in [-0.1, -0.05) is 11.3 Å². The number of nitrogens with one attached hydrogen (secondary N) is 1. The summed E-state index contributed by atoms with van der Waals surface area (Å²) in [6.45, 7) is 7.35. The van der Waals surface area contributed by atoms with Gasteiger partial charge in [0.1, 0.15) is 6.54 Å². The molecule has 2 amide bonds. The largest absolute Gasteiger partial charge is 0.350 e. The van der Waals surface area contributed by atoms with Gasteiger partial charge in [0, 0.05) is 23.7 Å². The van der Waals surface area contributed by atoms with Gasteiger partial charge in [-0.25, -0.2) is 0 Å². The monoisotopic (exact) mass is 299 g/mol. The molecule has 0 unspecified atom stereocenters. The Morgan fingerprint density at radius 2 is 2.00 bits per heavy atom. The maximum Gasteiger partial charge on any atom is 0.307 e. The minimum absolute atomic E-state index is 0.0198. The first-order chi connectivity index (χ1) is 9.10. The van der Waals surface area contributed by atoms with Crippen LogP contribution in [0.25, 0.3) is 0 Å². The molecular weight excluding hydrogens is 278 g/mol. The second-order valence-electron chi connectivity index (χ2n) is 5.78. The molecule has 0 bridgehead atoms. The number of aryl methyl sites for hydroxylation is 1. The maximum absolute atomic E-state index is 12.0. The SMILES string of the molecule is Cc1csc(=O)n1CC(=O)N(C)CC(=O)NC(C)(C)C. The van der Waals surface area contributed by atoms with Crippen molar-refractivity contribution in [1.29, 1.82) is 0 Å². The molecule has 6 nitrogen and oxygen atoms in total. The number of carbonyl (C=O) groups excluding carboxylic acids is 2. The maximum atomic E-state index is 12.0. The van der Waals surface area contributed by atoms with Crippen LogP contribution in [0.1, 0.15) is 26.5 Å². The topological polar surface area (TPSA) is 71.4 Å². The van der Waals surface area contributed by atoms with E-state index < -0.39 is 0 Å². The van der Waals surface area contributed by atoms with Crippen molar-refractivity contribution in [2.75, 3.05) is 13.6 Å². The zero-order valence-electron chi connectivity index (χ0n) is 12.5. The second-order valence-corrected chi connectivity index (χ2v) is 6.60. The Hall–Kier alpha value is -1.63. The molecule has 0 aromatic carbocycles. The molecule has 0 fully saturated rings. The molecule has 1 heterocycles. The van der Waals surface area contributed by atoms with Crippen LogP contribution >= 0.6 is 11.3 Å². The van der Waals surface area contributed by atoms with Gasteiger partial charge in [0.15, 0.2) is 0 Å². The summed E-state index contributed by atoms with van der Waals surface area (Å²) in [5.41, 5.74) is 0.419. The summed E-state index contributed by atoms with van der Waals surface area (Å²) in [6.07, 6.45) is 0. The summed E-state index contributed by atoms with van der Waals surface area (Å²) in [5, 5.41) is 4.50. The quantitative estimate of drug-likeness (QED) is 0.884. The van der Waals surface area contributed by atoms with Gasteiger partial charge in [0.2, 0.25) is 11.8 Å². The van der Waals surface area contributed by atoms with Crippen molar-refractivity contribution in [3.05, 3.63) is 20.7 Å². The molecule has 0 saturated carbocycles. The smallest absolute Gasteiger partial charge is 0.307 e. The third kappa shape index (κ3) is 4.80. The van der Waals surface area contributed by atoms with Crippen molar-refractivity contribution >= 4 is 23.2 Å². The first kappa shape index (κ1) is 16.4. The predicted octanol–water partition coefficient (Wildman–Crippen LogP) is 0.591. The number of aromatic nitrogens is 1. The minimum Gasteiger partial charge on any atom is -0.350 e. The van der Waals surface area contributed by atoms with E-state index in [0.717, 1.165) is 17.0 Å². The molecule has 0 atom stereocenters. The summed E-state index contributed by atoms with van der Waals surface area (Å²) >= 11 is 1.06. The number of nitrogens with zero attached hydrogens (tertiary/aromatic N) is 2. The lowest BCUT2D eigenvalue weighted by Crippen LogP contribution is -2.47. The van der Waals surface area contributed by atoms with E-state index in [1.165, 1.54) is 9.47 Å². The minimum atomic E-state index is -0.331. The fourth-order valence-corrected chi connectivity index (χ4v) is 2.35. The highest BCUT2D eigenvalue weighted by atomic mass is 32.1. The molecule has 1 N–H and O–H groups in total. The lowest BCUT2D eigenvalue weighted by molar-refractivity contribution is -0.135. The van der Waals surface area contributed by atoms with Gasteiger partial charge in [-0.15, -0.1) is 0 Å². The average molecular weight is 299 g/mol. The Morgan fingerprint density at radius 1 is 1.40 bits per heavy atom. The summed E-state index contributed by atoms with van der Waals surface area (Å²) < 4.78 is 1.41. The van der Waals surface area contributed by atoms with E-state index in [0.29, 0.717) is 0 Å². The summed E-state index contributed by atoms with van der Waals surface area (Å²) in [4.78, 5) is 36.4. The Morgan fingerprint density at radius 3 is 2.45 bits per heavy atom. The van der Waals surface area contributed by atoms with E-state index >= 15 is 0 Å². The Kier molecular flexibility index (Phi) is 5.10. The van der Waals surface area contributed by atoms with Crippen LogP contribution in [0.2, 0.25) is 0 Å². The fourth-order valence-electron chi connectivity index (χ4n) is 1.61. The molecule has 0 aliphatic rings. The van der Waals surface area contributed by atoms with E-state index in [1.807, 2.05) is 20.8 Å². The molecule has 20 heavy (non-hydrogen) atoms. The van der Waals surface area contributed by atoms with Crippen LogP contribution in [-0.4, -0.2) is 40.4 Å².